The highest BCUT2D eigenvalue weighted by Gasteiger charge is 2.06. The minimum Gasteiger partial charge on any atom is -0.355 e. The number of rotatable bonds is 4. The first-order valence-corrected chi connectivity index (χ1v) is 3.78. The molecule has 70 valence electrons. The number of carbonyl (C=O) groups is 2. The van der Waals surface area contributed by atoms with Crippen LogP contribution in [0.15, 0.2) is 0 Å². The van der Waals surface area contributed by atoms with Crippen LogP contribution in [-0.2, 0) is 9.59 Å². The van der Waals surface area contributed by atoms with Crippen molar-refractivity contribution in [1.29, 1.82) is 0 Å². The number of hydrogen-bond donors (Lipinski definition) is 3. The Balaban J connectivity index is 3.44. The summed E-state index contributed by atoms with van der Waals surface area (Å²) in [6, 6.07) is 0. The van der Waals surface area contributed by atoms with Crippen LogP contribution in [0.3, 0.4) is 0 Å². The van der Waals surface area contributed by atoms with Gasteiger partial charge in [0.15, 0.2) is 0 Å². The molecule has 5 nitrogen and oxygen atoms in total. The molecule has 0 unspecified atom stereocenters. The van der Waals surface area contributed by atoms with Gasteiger partial charge in [-0.15, -0.1) is 0 Å². The Labute approximate surface area is 71.1 Å². The van der Waals surface area contributed by atoms with Gasteiger partial charge in [-0.25, -0.2) is 5.48 Å². The molecule has 0 saturated carbocycles. The van der Waals surface area contributed by atoms with Crippen LogP contribution in [0.2, 0.25) is 0 Å². The van der Waals surface area contributed by atoms with Crippen LogP contribution in [-0.4, -0.2) is 23.6 Å². The molecule has 0 aliphatic heterocycles. The summed E-state index contributed by atoms with van der Waals surface area (Å²) in [6.45, 7) is 3.78. The van der Waals surface area contributed by atoms with E-state index in [1.807, 2.05) is 0 Å². The SMILES string of the molecule is CC(C)C(=O)NCCC(=O)NO. The van der Waals surface area contributed by atoms with E-state index in [9.17, 15) is 9.59 Å². The lowest BCUT2D eigenvalue weighted by Crippen LogP contribution is -2.31. The fourth-order valence-electron chi connectivity index (χ4n) is 0.559. The second-order valence-electron chi connectivity index (χ2n) is 2.73. The molecule has 0 atom stereocenters. The average molecular weight is 174 g/mol. The van der Waals surface area contributed by atoms with Crippen LogP contribution in [0.25, 0.3) is 0 Å². The van der Waals surface area contributed by atoms with Crippen molar-refractivity contribution in [2.45, 2.75) is 20.3 Å². The number of nitrogens with one attached hydrogen (secondary N) is 2. The molecule has 0 aliphatic carbocycles. The van der Waals surface area contributed by atoms with E-state index in [2.05, 4.69) is 5.32 Å². The summed E-state index contributed by atoms with van der Waals surface area (Å²) in [5, 5.41) is 10.6. The number of carbonyl (C=O) groups excluding carboxylic acids is 2. The van der Waals surface area contributed by atoms with E-state index >= 15 is 0 Å². The Morgan fingerprint density at radius 3 is 2.42 bits per heavy atom. The van der Waals surface area contributed by atoms with Gasteiger partial charge in [-0.3, -0.25) is 14.8 Å². The van der Waals surface area contributed by atoms with Gasteiger partial charge in [-0.05, 0) is 0 Å². The first kappa shape index (κ1) is 10.9. The molecule has 0 aromatic carbocycles. The molecule has 3 N–H and O–H groups in total. The fraction of sp³-hybridized carbons (Fsp3) is 0.714. The fourth-order valence-corrected chi connectivity index (χ4v) is 0.559. The standard InChI is InChI=1S/C7H14N2O3/c1-5(2)7(11)8-4-3-6(10)9-12/h5,12H,3-4H2,1-2H3,(H,8,11)(H,9,10). The highest BCUT2D eigenvalue weighted by atomic mass is 16.5. The minimum absolute atomic E-state index is 0.0813. The summed E-state index contributed by atoms with van der Waals surface area (Å²) in [4.78, 5) is 21.4. The topological polar surface area (TPSA) is 78.4 Å². The molecule has 5 heteroatoms. The van der Waals surface area contributed by atoms with Crippen LogP contribution in [0.1, 0.15) is 20.3 Å². The second-order valence-corrected chi connectivity index (χ2v) is 2.73. The smallest absolute Gasteiger partial charge is 0.245 e. The monoisotopic (exact) mass is 174 g/mol. The lowest BCUT2D eigenvalue weighted by atomic mass is 10.2. The van der Waals surface area contributed by atoms with Gasteiger partial charge in [-0.2, -0.15) is 0 Å². The van der Waals surface area contributed by atoms with Crippen molar-refractivity contribution in [3.05, 3.63) is 0 Å². The van der Waals surface area contributed by atoms with Crippen molar-refractivity contribution in [2.24, 2.45) is 5.92 Å². The first-order valence-electron chi connectivity index (χ1n) is 3.78. The van der Waals surface area contributed by atoms with E-state index in [0.29, 0.717) is 0 Å². The maximum Gasteiger partial charge on any atom is 0.245 e. The average Bonchev–Trinajstić information content (AvgIpc) is 2.03. The number of hydroxylamine groups is 1. The predicted molar refractivity (Wildman–Crippen MR) is 42.4 cm³/mol. The predicted octanol–water partition coefficient (Wildman–Crippen LogP) is -0.346. The third kappa shape index (κ3) is 4.68. The maximum absolute atomic E-state index is 10.9. The van der Waals surface area contributed by atoms with Crippen molar-refractivity contribution in [2.75, 3.05) is 6.54 Å². The number of amides is 2. The molecular weight excluding hydrogens is 160 g/mol. The van der Waals surface area contributed by atoms with E-state index in [1.165, 1.54) is 5.48 Å². The van der Waals surface area contributed by atoms with Crippen LogP contribution >= 0.6 is 0 Å². The molecule has 0 heterocycles. The van der Waals surface area contributed by atoms with E-state index < -0.39 is 5.91 Å². The Morgan fingerprint density at radius 1 is 1.42 bits per heavy atom. The molecule has 0 bridgehead atoms. The van der Waals surface area contributed by atoms with Crippen molar-refractivity contribution in [3.63, 3.8) is 0 Å². The molecule has 12 heavy (non-hydrogen) atoms. The number of hydrogen-bond acceptors (Lipinski definition) is 3. The summed E-state index contributed by atoms with van der Waals surface area (Å²) in [7, 11) is 0. The van der Waals surface area contributed by atoms with E-state index in [1.54, 1.807) is 13.8 Å². The quantitative estimate of drug-likeness (QED) is 0.403. The van der Waals surface area contributed by atoms with Gasteiger partial charge in [0.2, 0.25) is 11.8 Å². The summed E-state index contributed by atoms with van der Waals surface area (Å²) in [5.74, 6) is -0.679. The summed E-state index contributed by atoms with van der Waals surface area (Å²) >= 11 is 0. The van der Waals surface area contributed by atoms with Crippen LogP contribution in [0, 0.1) is 5.92 Å². The Morgan fingerprint density at radius 2 is 2.00 bits per heavy atom. The molecule has 0 aromatic rings. The van der Waals surface area contributed by atoms with Crippen LogP contribution < -0.4 is 10.8 Å². The zero-order valence-corrected chi connectivity index (χ0v) is 7.26. The summed E-state index contributed by atoms with van der Waals surface area (Å²) in [6.07, 6.45) is 0.0922. The van der Waals surface area contributed by atoms with Crippen molar-refractivity contribution >= 4 is 11.8 Å². The van der Waals surface area contributed by atoms with E-state index in [4.69, 9.17) is 5.21 Å². The molecule has 0 aliphatic rings. The lowest BCUT2D eigenvalue weighted by Gasteiger charge is -2.05. The Hall–Kier alpha value is -1.10. The Kier molecular flexibility index (Phi) is 5.03. The molecule has 0 saturated heterocycles. The van der Waals surface area contributed by atoms with E-state index in [-0.39, 0.29) is 24.8 Å². The third-order valence-corrected chi connectivity index (χ3v) is 1.30. The highest BCUT2D eigenvalue weighted by Crippen LogP contribution is 1.89. The lowest BCUT2D eigenvalue weighted by molar-refractivity contribution is -0.129. The Bertz CT molecular complexity index is 168. The van der Waals surface area contributed by atoms with E-state index in [0.717, 1.165) is 0 Å². The van der Waals surface area contributed by atoms with Crippen LogP contribution in [0.5, 0.6) is 0 Å². The zero-order valence-electron chi connectivity index (χ0n) is 7.26. The van der Waals surface area contributed by atoms with Gasteiger partial charge in [0.25, 0.3) is 0 Å². The zero-order chi connectivity index (χ0) is 9.56. The van der Waals surface area contributed by atoms with Crippen molar-refractivity contribution in [1.82, 2.24) is 10.8 Å². The maximum atomic E-state index is 10.9. The molecule has 0 radical (unpaired) electrons. The van der Waals surface area contributed by atoms with Gasteiger partial charge >= 0.3 is 0 Å². The third-order valence-electron chi connectivity index (χ3n) is 1.30. The van der Waals surface area contributed by atoms with Crippen molar-refractivity contribution < 1.29 is 14.8 Å². The van der Waals surface area contributed by atoms with Gasteiger partial charge in [0.05, 0.1) is 0 Å². The molecule has 0 fully saturated rings. The van der Waals surface area contributed by atoms with Crippen LogP contribution in [0.4, 0.5) is 0 Å². The second kappa shape index (κ2) is 5.54. The van der Waals surface area contributed by atoms with Crippen molar-refractivity contribution in [3.8, 4) is 0 Å². The minimum atomic E-state index is -0.501. The molecule has 0 rings (SSSR count). The summed E-state index contributed by atoms with van der Waals surface area (Å²) < 4.78 is 0. The normalized spacial score (nSPS) is 9.67. The molecule has 0 spiro atoms. The largest absolute Gasteiger partial charge is 0.355 e. The molecular formula is C7H14N2O3. The first-order chi connectivity index (χ1) is 5.57. The van der Waals surface area contributed by atoms with Gasteiger partial charge < -0.3 is 5.32 Å². The highest BCUT2D eigenvalue weighted by molar-refractivity contribution is 5.79. The molecule has 0 aromatic heterocycles. The van der Waals surface area contributed by atoms with Gasteiger partial charge in [0.1, 0.15) is 0 Å². The summed E-state index contributed by atoms with van der Waals surface area (Å²) in [5.41, 5.74) is 1.48. The molecule has 2 amide bonds. The van der Waals surface area contributed by atoms with Gasteiger partial charge in [0, 0.05) is 18.9 Å². The van der Waals surface area contributed by atoms with Gasteiger partial charge in [-0.1, -0.05) is 13.8 Å².